The SMILES string of the molecule is CN=C(N)NC[C@@H]1C[C@H](CN=C(N)N)[C@@H](c2ccc(N=C(N)N)cn2)C[C@H]1O. The van der Waals surface area contributed by atoms with Gasteiger partial charge in [0.05, 0.1) is 18.0 Å². The minimum atomic E-state index is -0.517. The lowest BCUT2D eigenvalue weighted by molar-refractivity contribution is 0.0388. The van der Waals surface area contributed by atoms with Crippen molar-refractivity contribution < 1.29 is 5.11 Å². The molecule has 154 valence electrons. The molecule has 4 atom stereocenters. The Morgan fingerprint density at radius 1 is 1.14 bits per heavy atom. The number of guanidine groups is 3. The van der Waals surface area contributed by atoms with E-state index in [1.54, 1.807) is 19.3 Å². The smallest absolute Gasteiger partial charge is 0.191 e. The molecular weight excluding hydrogens is 360 g/mol. The van der Waals surface area contributed by atoms with Crippen LogP contribution in [0.5, 0.6) is 0 Å². The summed E-state index contributed by atoms with van der Waals surface area (Å²) in [7, 11) is 1.61. The molecule has 1 heterocycles. The molecule has 0 spiro atoms. The van der Waals surface area contributed by atoms with Crippen LogP contribution in [0.25, 0.3) is 0 Å². The second-order valence-electron chi connectivity index (χ2n) is 6.90. The fourth-order valence-corrected chi connectivity index (χ4v) is 3.51. The molecule has 1 fully saturated rings. The zero-order chi connectivity index (χ0) is 20.7. The number of pyridine rings is 1. The Labute approximate surface area is 164 Å². The van der Waals surface area contributed by atoms with Gasteiger partial charge in [-0.15, -0.1) is 0 Å². The highest BCUT2D eigenvalue weighted by Crippen LogP contribution is 2.40. The Hall–Kier alpha value is -3.08. The molecular formula is C17H30N10O. The summed E-state index contributed by atoms with van der Waals surface area (Å²) in [6.07, 6.45) is 2.33. The predicted octanol–water partition coefficient (Wildman–Crippen LogP) is -1.74. The number of aromatic nitrogens is 1. The molecule has 0 unspecified atom stereocenters. The van der Waals surface area contributed by atoms with Gasteiger partial charge in [0.2, 0.25) is 0 Å². The van der Waals surface area contributed by atoms with Crippen molar-refractivity contribution in [3.63, 3.8) is 0 Å². The van der Waals surface area contributed by atoms with E-state index in [0.29, 0.717) is 37.6 Å². The van der Waals surface area contributed by atoms with Crippen molar-refractivity contribution >= 4 is 23.6 Å². The number of hydrogen-bond acceptors (Lipinski definition) is 5. The molecule has 2 rings (SSSR count). The molecule has 1 aliphatic carbocycles. The number of nitrogens with zero attached hydrogens (tertiary/aromatic N) is 4. The fourth-order valence-electron chi connectivity index (χ4n) is 3.51. The average molecular weight is 390 g/mol. The summed E-state index contributed by atoms with van der Waals surface area (Å²) in [6, 6.07) is 3.65. The van der Waals surface area contributed by atoms with E-state index in [9.17, 15) is 5.11 Å². The Bertz CT molecular complexity index is 722. The van der Waals surface area contributed by atoms with Gasteiger partial charge in [-0.05, 0) is 30.9 Å². The van der Waals surface area contributed by atoms with E-state index in [0.717, 1.165) is 5.69 Å². The lowest BCUT2D eigenvalue weighted by Gasteiger charge is -2.38. The molecule has 1 aromatic rings. The monoisotopic (exact) mass is 390 g/mol. The number of nitrogens with one attached hydrogen (secondary N) is 1. The van der Waals surface area contributed by atoms with E-state index < -0.39 is 6.10 Å². The first-order valence-corrected chi connectivity index (χ1v) is 9.05. The van der Waals surface area contributed by atoms with Crippen LogP contribution >= 0.6 is 0 Å². The summed E-state index contributed by atoms with van der Waals surface area (Å²) in [4.78, 5) is 16.5. The van der Waals surface area contributed by atoms with Gasteiger partial charge < -0.3 is 39.1 Å². The minimum absolute atomic E-state index is 0.000192. The standard InChI is InChI=1S/C17H30N10O/c1-23-17(22)26-7-10-4-9(6-25-15(18)19)12(5-14(10)28)13-3-2-11(8-24-13)27-16(20)21/h2-3,8-10,12,14,28H,4-7H2,1H3,(H4,18,19,25)(H4,20,21,27)(H3,22,23,26)/t9-,10+,12+,14-/m1/s1. The minimum Gasteiger partial charge on any atom is -0.393 e. The van der Waals surface area contributed by atoms with Gasteiger partial charge in [0.15, 0.2) is 17.9 Å². The number of nitrogens with two attached hydrogens (primary N) is 5. The van der Waals surface area contributed by atoms with Crippen molar-refractivity contribution in [3.05, 3.63) is 24.0 Å². The average Bonchev–Trinajstić information content (AvgIpc) is 2.65. The first-order chi connectivity index (χ1) is 13.3. The summed E-state index contributed by atoms with van der Waals surface area (Å²) in [6.45, 7) is 0.969. The molecule has 0 aromatic carbocycles. The van der Waals surface area contributed by atoms with Gasteiger partial charge in [-0.1, -0.05) is 0 Å². The number of aliphatic hydroxyl groups is 1. The van der Waals surface area contributed by atoms with Crippen molar-refractivity contribution in [2.75, 3.05) is 20.1 Å². The van der Waals surface area contributed by atoms with Crippen molar-refractivity contribution in [1.29, 1.82) is 0 Å². The van der Waals surface area contributed by atoms with E-state index in [4.69, 9.17) is 28.7 Å². The maximum atomic E-state index is 10.7. The molecule has 0 amide bonds. The summed E-state index contributed by atoms with van der Waals surface area (Å²) in [5, 5.41) is 13.7. The van der Waals surface area contributed by atoms with Crippen molar-refractivity contribution in [2.45, 2.75) is 24.9 Å². The van der Waals surface area contributed by atoms with Crippen LogP contribution in [0.2, 0.25) is 0 Å². The summed E-state index contributed by atoms with van der Waals surface area (Å²) >= 11 is 0. The lowest BCUT2D eigenvalue weighted by atomic mass is 9.71. The van der Waals surface area contributed by atoms with Crippen LogP contribution in [-0.4, -0.2) is 54.2 Å². The lowest BCUT2D eigenvalue weighted by Crippen LogP contribution is -2.44. The van der Waals surface area contributed by atoms with Crippen LogP contribution in [0.3, 0.4) is 0 Å². The third kappa shape index (κ3) is 5.98. The normalized spacial score (nSPS) is 25.0. The fraction of sp³-hybridized carbons (Fsp3) is 0.529. The van der Waals surface area contributed by atoms with E-state index in [1.165, 1.54) is 0 Å². The van der Waals surface area contributed by atoms with Crippen LogP contribution in [0.4, 0.5) is 5.69 Å². The van der Waals surface area contributed by atoms with Crippen molar-refractivity contribution in [1.82, 2.24) is 10.3 Å². The highest BCUT2D eigenvalue weighted by atomic mass is 16.3. The van der Waals surface area contributed by atoms with Crippen LogP contribution in [0, 0.1) is 11.8 Å². The van der Waals surface area contributed by atoms with Crippen LogP contribution < -0.4 is 34.0 Å². The topological polar surface area (TPSA) is 212 Å². The van der Waals surface area contributed by atoms with Crippen LogP contribution in [-0.2, 0) is 0 Å². The number of aliphatic hydroxyl groups excluding tert-OH is 1. The molecule has 11 heteroatoms. The van der Waals surface area contributed by atoms with Crippen molar-refractivity contribution in [3.8, 4) is 0 Å². The van der Waals surface area contributed by atoms with E-state index in [1.807, 2.05) is 6.07 Å². The molecule has 0 aliphatic heterocycles. The summed E-state index contributed by atoms with van der Waals surface area (Å²) < 4.78 is 0. The largest absolute Gasteiger partial charge is 0.393 e. The molecule has 1 aromatic heterocycles. The predicted molar refractivity (Wildman–Crippen MR) is 111 cm³/mol. The second kappa shape index (κ2) is 9.74. The Kier molecular flexibility index (Phi) is 7.38. The van der Waals surface area contributed by atoms with Gasteiger partial charge in [-0.2, -0.15) is 0 Å². The van der Waals surface area contributed by atoms with Gasteiger partial charge in [0.1, 0.15) is 0 Å². The molecule has 0 saturated heterocycles. The first-order valence-electron chi connectivity index (χ1n) is 9.05. The Balaban J connectivity index is 2.19. The van der Waals surface area contributed by atoms with Gasteiger partial charge in [-0.3, -0.25) is 15.0 Å². The number of hydrogen-bond donors (Lipinski definition) is 7. The Morgan fingerprint density at radius 3 is 2.46 bits per heavy atom. The third-order valence-electron chi connectivity index (χ3n) is 4.92. The summed E-state index contributed by atoms with van der Waals surface area (Å²) in [5.41, 5.74) is 28.9. The molecule has 1 aliphatic rings. The molecule has 28 heavy (non-hydrogen) atoms. The third-order valence-corrected chi connectivity index (χ3v) is 4.92. The van der Waals surface area contributed by atoms with Crippen molar-refractivity contribution in [2.24, 2.45) is 55.5 Å². The number of rotatable bonds is 6. The maximum absolute atomic E-state index is 10.7. The van der Waals surface area contributed by atoms with E-state index in [-0.39, 0.29) is 29.7 Å². The van der Waals surface area contributed by atoms with Crippen LogP contribution in [0.15, 0.2) is 33.3 Å². The van der Waals surface area contributed by atoms with Gasteiger partial charge in [0, 0.05) is 37.7 Å². The van der Waals surface area contributed by atoms with Gasteiger partial charge in [-0.25, -0.2) is 4.99 Å². The Morgan fingerprint density at radius 2 is 1.89 bits per heavy atom. The van der Waals surface area contributed by atoms with E-state index in [2.05, 4.69) is 25.3 Å². The number of aliphatic imine (C=N–C) groups is 3. The molecule has 0 radical (unpaired) electrons. The highest BCUT2D eigenvalue weighted by molar-refractivity contribution is 5.79. The van der Waals surface area contributed by atoms with Crippen LogP contribution in [0.1, 0.15) is 24.5 Å². The molecule has 11 nitrogen and oxygen atoms in total. The second-order valence-corrected chi connectivity index (χ2v) is 6.90. The quantitative estimate of drug-likeness (QED) is 0.218. The zero-order valence-electron chi connectivity index (χ0n) is 16.0. The van der Waals surface area contributed by atoms with Gasteiger partial charge in [0.25, 0.3) is 0 Å². The van der Waals surface area contributed by atoms with Gasteiger partial charge >= 0.3 is 0 Å². The maximum Gasteiger partial charge on any atom is 0.191 e. The molecule has 0 bridgehead atoms. The molecule has 12 N–H and O–H groups in total. The highest BCUT2D eigenvalue weighted by Gasteiger charge is 2.37. The first kappa shape index (κ1) is 21.2. The zero-order valence-corrected chi connectivity index (χ0v) is 16.0. The summed E-state index contributed by atoms with van der Waals surface area (Å²) in [5.74, 6) is 0.457. The molecule has 1 saturated carbocycles. The van der Waals surface area contributed by atoms with E-state index >= 15 is 0 Å².